The maximum absolute atomic E-state index is 14.7. The normalized spacial score (nSPS) is 14.9. The van der Waals surface area contributed by atoms with E-state index in [1.807, 2.05) is 30.9 Å². The van der Waals surface area contributed by atoms with Crippen LogP contribution in [0, 0.1) is 5.82 Å². The van der Waals surface area contributed by atoms with Crippen LogP contribution in [0.5, 0.6) is 0 Å². The lowest BCUT2D eigenvalue weighted by molar-refractivity contribution is 0.145. The van der Waals surface area contributed by atoms with Gasteiger partial charge in [-0.3, -0.25) is 0 Å². The molecule has 1 aromatic carbocycles. The van der Waals surface area contributed by atoms with E-state index in [1.165, 1.54) is 0 Å². The Morgan fingerprint density at radius 2 is 1.97 bits per heavy atom. The average Bonchev–Trinajstić information content (AvgIpc) is 3.18. The van der Waals surface area contributed by atoms with Gasteiger partial charge in [0, 0.05) is 38.2 Å². The summed E-state index contributed by atoms with van der Waals surface area (Å²) in [5, 5.41) is 20.4. The molecule has 0 saturated carbocycles. The molecule has 2 heterocycles. The van der Waals surface area contributed by atoms with Gasteiger partial charge in [0.2, 0.25) is 0 Å². The second kappa shape index (κ2) is 13.0. The molecule has 1 aromatic heterocycles. The molecule has 1 saturated heterocycles. The molecule has 1 fully saturated rings. The number of hydrogen-bond acceptors (Lipinski definition) is 5. The van der Waals surface area contributed by atoms with Gasteiger partial charge in [-0.2, -0.15) is 0 Å². The third-order valence-corrected chi connectivity index (χ3v) is 5.62. The largest absolute Gasteiger partial charge is 0.393 e. The van der Waals surface area contributed by atoms with Gasteiger partial charge in [0.15, 0.2) is 5.96 Å². The minimum Gasteiger partial charge on any atom is -0.393 e. The quantitative estimate of drug-likeness (QED) is 0.260. The Bertz CT molecular complexity index is 860. The maximum atomic E-state index is 14.7. The number of nitrogens with one attached hydrogen (secondary N) is 2. The molecule has 7 nitrogen and oxygen atoms in total. The number of anilines is 1. The Morgan fingerprint density at radius 1 is 1.22 bits per heavy atom. The molecular formula is C23H35FIN5O2. The van der Waals surface area contributed by atoms with Crippen LogP contribution in [0.15, 0.2) is 27.7 Å². The highest BCUT2D eigenvalue weighted by Gasteiger charge is 2.19. The Kier molecular flexibility index (Phi) is 10.7. The predicted molar refractivity (Wildman–Crippen MR) is 136 cm³/mol. The van der Waals surface area contributed by atoms with Crippen molar-refractivity contribution < 1.29 is 14.0 Å². The molecule has 0 amide bonds. The van der Waals surface area contributed by atoms with Crippen LogP contribution in [0.2, 0.25) is 0 Å². The van der Waals surface area contributed by atoms with Gasteiger partial charge in [-0.1, -0.05) is 25.1 Å². The standard InChI is InChI=1S/C23H34FN5O2.HI/c1-4-20-18(22(5-2)31-28-20)15-27-23(25-6-3)26-14-16-7-8-21(19(24)13-16)29-11-9-17(30)10-12-29;/h7-8,13,17,30H,4-6,9-12,14-15H2,1-3H3,(H2,25,26,27);1H. The number of aromatic nitrogens is 1. The van der Waals surface area contributed by atoms with Crippen LogP contribution in [0.1, 0.15) is 56.2 Å². The summed E-state index contributed by atoms with van der Waals surface area (Å²) in [6, 6.07) is 5.29. The second-order valence-corrected chi connectivity index (χ2v) is 7.79. The molecular weight excluding hydrogens is 524 g/mol. The molecule has 2 aromatic rings. The Morgan fingerprint density at radius 3 is 2.59 bits per heavy atom. The number of hydrogen-bond donors (Lipinski definition) is 3. The fourth-order valence-electron chi connectivity index (χ4n) is 3.83. The van der Waals surface area contributed by atoms with Gasteiger partial charge in [0.05, 0.1) is 24.0 Å². The Hall–Kier alpha value is -1.88. The maximum Gasteiger partial charge on any atom is 0.191 e. The molecule has 3 N–H and O–H groups in total. The Labute approximate surface area is 206 Å². The van der Waals surface area contributed by atoms with Crippen molar-refractivity contribution >= 4 is 35.6 Å². The van der Waals surface area contributed by atoms with Crippen molar-refractivity contribution in [3.8, 4) is 0 Å². The lowest BCUT2D eigenvalue weighted by Gasteiger charge is -2.31. The third kappa shape index (κ3) is 6.81. The van der Waals surface area contributed by atoms with E-state index in [0.717, 1.165) is 42.0 Å². The summed E-state index contributed by atoms with van der Waals surface area (Å²) in [5.41, 5.74) is 3.45. The van der Waals surface area contributed by atoms with E-state index in [9.17, 15) is 9.50 Å². The molecule has 0 unspecified atom stereocenters. The van der Waals surface area contributed by atoms with Crippen LogP contribution in [0.3, 0.4) is 0 Å². The summed E-state index contributed by atoms with van der Waals surface area (Å²) in [4.78, 5) is 6.61. The zero-order valence-electron chi connectivity index (χ0n) is 19.2. The van der Waals surface area contributed by atoms with Crippen molar-refractivity contribution in [3.05, 3.63) is 46.6 Å². The minimum absolute atomic E-state index is 0. The third-order valence-electron chi connectivity index (χ3n) is 5.62. The fourth-order valence-corrected chi connectivity index (χ4v) is 3.83. The molecule has 0 spiro atoms. The first-order chi connectivity index (χ1) is 15.0. The first-order valence-corrected chi connectivity index (χ1v) is 11.3. The zero-order chi connectivity index (χ0) is 22.2. The number of piperidine rings is 1. The second-order valence-electron chi connectivity index (χ2n) is 7.79. The summed E-state index contributed by atoms with van der Waals surface area (Å²) in [7, 11) is 0. The van der Waals surface area contributed by atoms with Crippen molar-refractivity contribution in [1.82, 2.24) is 15.8 Å². The van der Waals surface area contributed by atoms with Crippen LogP contribution in [-0.2, 0) is 25.9 Å². The topological polar surface area (TPSA) is 85.9 Å². The van der Waals surface area contributed by atoms with Crippen molar-refractivity contribution in [2.45, 2.75) is 65.6 Å². The van der Waals surface area contributed by atoms with Crippen molar-refractivity contribution in [1.29, 1.82) is 0 Å². The molecule has 1 aliphatic heterocycles. The molecule has 1 aliphatic rings. The van der Waals surface area contributed by atoms with Crippen LogP contribution in [0.4, 0.5) is 10.1 Å². The van der Waals surface area contributed by atoms with E-state index < -0.39 is 0 Å². The van der Waals surface area contributed by atoms with E-state index in [0.29, 0.717) is 50.7 Å². The summed E-state index contributed by atoms with van der Waals surface area (Å²) >= 11 is 0. The lowest BCUT2D eigenvalue weighted by atomic mass is 10.1. The number of guanidine groups is 1. The van der Waals surface area contributed by atoms with E-state index in [-0.39, 0.29) is 35.9 Å². The van der Waals surface area contributed by atoms with Crippen LogP contribution >= 0.6 is 24.0 Å². The lowest BCUT2D eigenvalue weighted by Crippen LogP contribution is -2.37. The number of halogens is 2. The predicted octanol–water partition coefficient (Wildman–Crippen LogP) is 3.77. The summed E-state index contributed by atoms with van der Waals surface area (Å²) in [5.74, 6) is 1.32. The van der Waals surface area contributed by atoms with Gasteiger partial charge in [-0.15, -0.1) is 24.0 Å². The zero-order valence-corrected chi connectivity index (χ0v) is 21.5. The van der Waals surface area contributed by atoms with Gasteiger partial charge >= 0.3 is 0 Å². The van der Waals surface area contributed by atoms with Gasteiger partial charge in [-0.25, -0.2) is 9.38 Å². The number of nitrogens with zero attached hydrogens (tertiary/aromatic N) is 3. The average molecular weight is 559 g/mol. The van der Waals surface area contributed by atoms with E-state index >= 15 is 0 Å². The molecule has 9 heteroatoms. The molecule has 0 radical (unpaired) electrons. The minimum atomic E-state index is -0.274. The van der Waals surface area contributed by atoms with Crippen molar-refractivity contribution in [2.75, 3.05) is 24.5 Å². The fraction of sp³-hybridized carbons (Fsp3) is 0.565. The van der Waals surface area contributed by atoms with E-state index in [2.05, 4.69) is 27.7 Å². The monoisotopic (exact) mass is 559 g/mol. The number of aliphatic hydroxyl groups is 1. The number of benzene rings is 1. The van der Waals surface area contributed by atoms with Crippen LogP contribution in [0.25, 0.3) is 0 Å². The number of aliphatic imine (C=N–C) groups is 1. The molecule has 32 heavy (non-hydrogen) atoms. The van der Waals surface area contributed by atoms with Gasteiger partial charge < -0.3 is 25.2 Å². The highest BCUT2D eigenvalue weighted by molar-refractivity contribution is 14.0. The molecule has 0 bridgehead atoms. The Balaban J connectivity index is 0.00000363. The molecule has 178 valence electrons. The molecule has 3 rings (SSSR count). The summed E-state index contributed by atoms with van der Waals surface area (Å²) in [6.07, 6.45) is 2.68. The van der Waals surface area contributed by atoms with E-state index in [4.69, 9.17) is 4.52 Å². The first-order valence-electron chi connectivity index (χ1n) is 11.3. The highest BCUT2D eigenvalue weighted by atomic mass is 127. The first kappa shape index (κ1) is 26.4. The molecule has 0 aliphatic carbocycles. The molecule has 0 atom stereocenters. The summed E-state index contributed by atoms with van der Waals surface area (Å²) < 4.78 is 20.1. The van der Waals surface area contributed by atoms with Crippen LogP contribution < -0.4 is 15.5 Å². The van der Waals surface area contributed by atoms with Crippen molar-refractivity contribution in [3.63, 3.8) is 0 Å². The van der Waals surface area contributed by atoms with E-state index in [1.54, 1.807) is 6.07 Å². The van der Waals surface area contributed by atoms with Crippen LogP contribution in [-0.4, -0.2) is 42.0 Å². The number of aliphatic hydroxyl groups excluding tert-OH is 1. The summed E-state index contributed by atoms with van der Waals surface area (Å²) in [6.45, 7) is 9.14. The van der Waals surface area contributed by atoms with Gasteiger partial charge in [-0.05, 0) is 43.9 Å². The SMILES string of the molecule is CCNC(=NCc1ccc(N2CCC(O)CC2)c(F)c1)NCc1c(CC)noc1CC.I. The van der Waals surface area contributed by atoms with Gasteiger partial charge in [0.1, 0.15) is 11.6 Å². The van der Waals surface area contributed by atoms with Gasteiger partial charge in [0.25, 0.3) is 0 Å². The van der Waals surface area contributed by atoms with Crippen molar-refractivity contribution in [2.24, 2.45) is 4.99 Å². The number of aryl methyl sites for hydroxylation is 2. The number of rotatable bonds is 8. The highest BCUT2D eigenvalue weighted by Crippen LogP contribution is 2.24. The smallest absolute Gasteiger partial charge is 0.191 e.